The lowest BCUT2D eigenvalue weighted by molar-refractivity contribution is -0.123. The zero-order valence-corrected chi connectivity index (χ0v) is 30.3. The highest BCUT2D eigenvalue weighted by atomic mass is 16.3. The molecule has 0 saturated carbocycles. The van der Waals surface area contributed by atoms with Crippen LogP contribution in [0.25, 0.3) is 0 Å². The fraction of sp³-hybridized carbons (Fsp3) is 0.738. The van der Waals surface area contributed by atoms with Gasteiger partial charge in [0, 0.05) is 6.42 Å². The molecule has 0 bridgehead atoms. The van der Waals surface area contributed by atoms with Gasteiger partial charge in [-0.1, -0.05) is 164 Å². The van der Waals surface area contributed by atoms with Crippen molar-refractivity contribution in [2.45, 2.75) is 193 Å². The van der Waals surface area contributed by atoms with E-state index in [9.17, 15) is 15.0 Å². The Morgan fingerprint density at radius 3 is 1.50 bits per heavy atom. The maximum atomic E-state index is 12.3. The van der Waals surface area contributed by atoms with Gasteiger partial charge in [-0.15, -0.1) is 0 Å². The molecular formula is C42H75NO3. The Morgan fingerprint density at radius 1 is 0.565 bits per heavy atom. The number of hydrogen-bond donors (Lipinski definition) is 3. The molecule has 3 N–H and O–H groups in total. The van der Waals surface area contributed by atoms with E-state index in [0.717, 1.165) is 44.9 Å². The molecule has 0 rings (SSSR count). The highest BCUT2D eigenvalue weighted by Gasteiger charge is 2.17. The van der Waals surface area contributed by atoms with Crippen molar-refractivity contribution in [1.29, 1.82) is 0 Å². The van der Waals surface area contributed by atoms with Crippen LogP contribution in [-0.4, -0.2) is 34.9 Å². The highest BCUT2D eigenvalue weighted by molar-refractivity contribution is 5.76. The number of carbonyl (C=O) groups excluding carboxylic acids is 1. The Labute approximate surface area is 286 Å². The summed E-state index contributed by atoms with van der Waals surface area (Å²) in [7, 11) is 0. The second-order valence-corrected chi connectivity index (χ2v) is 13.0. The van der Waals surface area contributed by atoms with Crippen LogP contribution in [0, 0.1) is 0 Å². The highest BCUT2D eigenvalue weighted by Crippen LogP contribution is 2.14. The van der Waals surface area contributed by atoms with Crippen molar-refractivity contribution in [3.05, 3.63) is 60.8 Å². The van der Waals surface area contributed by atoms with Gasteiger partial charge in [-0.05, 0) is 71.1 Å². The predicted molar refractivity (Wildman–Crippen MR) is 202 cm³/mol. The molecule has 0 radical (unpaired) electrons. The Kier molecular flexibility index (Phi) is 36.0. The van der Waals surface area contributed by atoms with Crippen molar-refractivity contribution in [3.8, 4) is 0 Å². The van der Waals surface area contributed by atoms with Gasteiger partial charge < -0.3 is 15.5 Å². The zero-order chi connectivity index (χ0) is 33.6. The van der Waals surface area contributed by atoms with Gasteiger partial charge in [0.05, 0.1) is 18.8 Å². The summed E-state index contributed by atoms with van der Waals surface area (Å²) >= 11 is 0. The van der Waals surface area contributed by atoms with Crippen molar-refractivity contribution in [1.82, 2.24) is 5.32 Å². The van der Waals surface area contributed by atoms with E-state index in [1.165, 1.54) is 116 Å². The topological polar surface area (TPSA) is 69.6 Å². The maximum absolute atomic E-state index is 12.3. The van der Waals surface area contributed by atoms with Gasteiger partial charge in [0.1, 0.15) is 0 Å². The first-order chi connectivity index (χ1) is 22.7. The molecule has 266 valence electrons. The first-order valence-electron chi connectivity index (χ1n) is 19.5. The van der Waals surface area contributed by atoms with Crippen molar-refractivity contribution in [2.75, 3.05) is 6.61 Å². The molecule has 0 aromatic heterocycles. The number of nitrogens with one attached hydrogen (secondary N) is 1. The Bertz CT molecular complexity index is 782. The maximum Gasteiger partial charge on any atom is 0.220 e. The monoisotopic (exact) mass is 642 g/mol. The summed E-state index contributed by atoms with van der Waals surface area (Å²) in [6, 6.07) is -0.644. The van der Waals surface area contributed by atoms with Crippen LogP contribution in [0.2, 0.25) is 0 Å². The molecule has 1 amide bonds. The van der Waals surface area contributed by atoms with Gasteiger partial charge in [-0.25, -0.2) is 0 Å². The number of unbranched alkanes of at least 4 members (excludes halogenated alkanes) is 20. The standard InChI is InChI=1S/C42H75NO3/c1-3-5-7-9-11-13-14-15-16-17-18-19-20-21-22-23-24-25-26-27-28-30-32-34-36-38-42(46)43-40(39-44)41(45)37-35-33-31-29-12-10-8-6-4-2/h4,6,12,14-15,17-18,29,35,37,40-41,44-45H,3,5,7-11,13,16,19-28,30-34,36,38-39H2,1-2H3,(H,43,46)/b6-4+,15-14-,18-17-,29-12+,37-35+. The van der Waals surface area contributed by atoms with Crippen molar-refractivity contribution >= 4 is 5.91 Å². The lowest BCUT2D eigenvalue weighted by Gasteiger charge is -2.19. The van der Waals surface area contributed by atoms with E-state index in [1.54, 1.807) is 6.08 Å². The molecule has 0 aliphatic heterocycles. The average Bonchev–Trinajstić information content (AvgIpc) is 3.06. The second-order valence-electron chi connectivity index (χ2n) is 13.0. The Hall–Kier alpha value is -1.91. The van der Waals surface area contributed by atoms with Crippen molar-refractivity contribution in [2.24, 2.45) is 0 Å². The van der Waals surface area contributed by atoms with Crippen LogP contribution in [0.4, 0.5) is 0 Å². The number of aliphatic hydroxyl groups excluding tert-OH is 2. The summed E-state index contributed by atoms with van der Waals surface area (Å²) in [5.74, 6) is -0.0847. The van der Waals surface area contributed by atoms with Gasteiger partial charge in [0.25, 0.3) is 0 Å². The van der Waals surface area contributed by atoms with Gasteiger partial charge in [-0.3, -0.25) is 4.79 Å². The minimum atomic E-state index is -0.868. The van der Waals surface area contributed by atoms with Crippen LogP contribution in [0.5, 0.6) is 0 Å². The molecule has 0 heterocycles. The number of allylic oxidation sites excluding steroid dienone is 9. The SMILES string of the molecule is C/C=C/CC/C=C/CC/C=C/C(O)C(CO)NC(=O)CCCCCCCCCCCCCCC/C=C\C/C=C\CCCCCCC. The summed E-state index contributed by atoms with van der Waals surface area (Å²) < 4.78 is 0. The molecule has 0 aliphatic carbocycles. The van der Waals surface area contributed by atoms with Crippen LogP contribution >= 0.6 is 0 Å². The number of rotatable bonds is 34. The molecule has 0 aliphatic rings. The molecule has 46 heavy (non-hydrogen) atoms. The normalized spacial score (nSPS) is 13.7. The third kappa shape index (κ3) is 33.5. The number of aliphatic hydroxyl groups is 2. The summed E-state index contributed by atoms with van der Waals surface area (Å²) in [4.78, 5) is 12.3. The van der Waals surface area contributed by atoms with E-state index in [2.05, 4.69) is 60.8 Å². The van der Waals surface area contributed by atoms with Gasteiger partial charge in [0.2, 0.25) is 5.91 Å². The first-order valence-corrected chi connectivity index (χ1v) is 19.5. The van der Waals surface area contributed by atoms with E-state index < -0.39 is 12.1 Å². The van der Waals surface area contributed by atoms with E-state index in [-0.39, 0.29) is 12.5 Å². The Morgan fingerprint density at radius 2 is 1.00 bits per heavy atom. The minimum Gasteiger partial charge on any atom is -0.394 e. The fourth-order valence-electron chi connectivity index (χ4n) is 5.54. The number of hydrogen-bond acceptors (Lipinski definition) is 3. The summed E-state index contributed by atoms with van der Waals surface area (Å²) in [6.45, 7) is 4.04. The number of amides is 1. The van der Waals surface area contributed by atoms with E-state index >= 15 is 0 Å². The second kappa shape index (κ2) is 37.5. The van der Waals surface area contributed by atoms with Gasteiger partial charge in [-0.2, -0.15) is 0 Å². The average molecular weight is 642 g/mol. The molecule has 0 fully saturated rings. The number of carbonyl (C=O) groups is 1. The molecule has 2 atom stereocenters. The summed E-state index contributed by atoms with van der Waals surface area (Å²) in [5.41, 5.74) is 0. The predicted octanol–water partition coefficient (Wildman–Crippen LogP) is 11.8. The fourth-order valence-corrected chi connectivity index (χ4v) is 5.54. The zero-order valence-electron chi connectivity index (χ0n) is 30.3. The van der Waals surface area contributed by atoms with Crippen molar-refractivity contribution < 1.29 is 15.0 Å². The van der Waals surface area contributed by atoms with Crippen LogP contribution in [0.15, 0.2) is 60.8 Å². The molecule has 0 saturated heterocycles. The van der Waals surface area contributed by atoms with E-state index in [4.69, 9.17) is 0 Å². The van der Waals surface area contributed by atoms with Gasteiger partial charge in [0.15, 0.2) is 0 Å². The molecule has 0 aromatic rings. The van der Waals surface area contributed by atoms with Gasteiger partial charge >= 0.3 is 0 Å². The Balaban J connectivity index is 3.54. The molecule has 2 unspecified atom stereocenters. The third-order valence-electron chi connectivity index (χ3n) is 8.55. The summed E-state index contributed by atoms with van der Waals surface area (Å²) in [5, 5.41) is 22.8. The quantitative estimate of drug-likeness (QED) is 0.0483. The summed E-state index contributed by atoms with van der Waals surface area (Å²) in [6.07, 6.45) is 52.0. The van der Waals surface area contributed by atoms with Crippen molar-refractivity contribution in [3.63, 3.8) is 0 Å². The van der Waals surface area contributed by atoms with Crippen LogP contribution in [-0.2, 0) is 4.79 Å². The lowest BCUT2D eigenvalue weighted by atomic mass is 10.0. The van der Waals surface area contributed by atoms with Crippen LogP contribution in [0.3, 0.4) is 0 Å². The minimum absolute atomic E-state index is 0.0847. The molecule has 0 aromatic carbocycles. The first kappa shape index (κ1) is 44.1. The molecule has 0 spiro atoms. The lowest BCUT2D eigenvalue weighted by Crippen LogP contribution is -2.45. The largest absolute Gasteiger partial charge is 0.394 e. The van der Waals surface area contributed by atoms with E-state index in [1.807, 2.05) is 13.0 Å². The smallest absolute Gasteiger partial charge is 0.220 e. The molecule has 4 nitrogen and oxygen atoms in total. The molecular weight excluding hydrogens is 566 g/mol. The van der Waals surface area contributed by atoms with Crippen LogP contribution < -0.4 is 5.32 Å². The molecule has 4 heteroatoms. The van der Waals surface area contributed by atoms with Crippen LogP contribution in [0.1, 0.15) is 181 Å². The van der Waals surface area contributed by atoms with E-state index in [0.29, 0.717) is 6.42 Å². The third-order valence-corrected chi connectivity index (χ3v) is 8.55.